The normalized spacial score (nSPS) is 18.9. The van der Waals surface area contributed by atoms with Crippen LogP contribution in [0.15, 0.2) is 4.99 Å². The van der Waals surface area contributed by atoms with E-state index in [0.717, 1.165) is 12.7 Å². The molecular weight excluding hydrogens is 274 g/mol. The maximum absolute atomic E-state index is 12.4. The number of nitrogens with zero attached hydrogens (tertiary/aromatic N) is 2. The molecule has 0 spiro atoms. The van der Waals surface area contributed by atoms with Gasteiger partial charge in [-0.15, -0.1) is 0 Å². The van der Waals surface area contributed by atoms with Crippen LogP contribution in [0.1, 0.15) is 32.6 Å². The lowest BCUT2D eigenvalue weighted by Gasteiger charge is -2.26. The minimum atomic E-state index is -0.641. The van der Waals surface area contributed by atoms with E-state index in [1.54, 1.807) is 0 Å². The van der Waals surface area contributed by atoms with Crippen LogP contribution in [-0.2, 0) is 14.4 Å². The molecule has 118 valence electrons. The third-order valence-electron chi connectivity index (χ3n) is 3.36. The Morgan fingerprint density at radius 1 is 1.48 bits per heavy atom. The molecule has 2 amide bonds. The Morgan fingerprint density at radius 3 is 2.76 bits per heavy atom. The van der Waals surface area contributed by atoms with Gasteiger partial charge in [-0.05, 0) is 25.7 Å². The lowest BCUT2D eigenvalue weighted by Crippen LogP contribution is -2.50. The van der Waals surface area contributed by atoms with Crippen molar-refractivity contribution in [1.82, 2.24) is 10.2 Å². The van der Waals surface area contributed by atoms with Crippen molar-refractivity contribution in [2.24, 2.45) is 16.5 Å². The molecule has 0 saturated carbocycles. The van der Waals surface area contributed by atoms with Gasteiger partial charge >= 0.3 is 0 Å². The summed E-state index contributed by atoms with van der Waals surface area (Å²) in [5, 5.41) is 2.63. The van der Waals surface area contributed by atoms with Crippen molar-refractivity contribution in [3.05, 3.63) is 0 Å². The van der Waals surface area contributed by atoms with Crippen molar-refractivity contribution in [3.63, 3.8) is 0 Å². The van der Waals surface area contributed by atoms with Crippen molar-refractivity contribution in [1.29, 1.82) is 0 Å². The number of rotatable bonds is 7. The van der Waals surface area contributed by atoms with Crippen LogP contribution in [-0.4, -0.2) is 54.1 Å². The monoisotopic (exact) mass is 297 g/mol. The topological polar surface area (TPSA) is 131 Å². The summed E-state index contributed by atoms with van der Waals surface area (Å²) >= 11 is 0. The molecule has 2 atom stereocenters. The van der Waals surface area contributed by atoms with E-state index >= 15 is 0 Å². The smallest absolute Gasteiger partial charge is 0.245 e. The molecule has 5 N–H and O–H groups in total. The van der Waals surface area contributed by atoms with Gasteiger partial charge in [0.2, 0.25) is 11.8 Å². The summed E-state index contributed by atoms with van der Waals surface area (Å²) in [6, 6.07) is -1.02. The van der Waals surface area contributed by atoms with Gasteiger partial charge in [-0.1, -0.05) is 0 Å². The van der Waals surface area contributed by atoms with Gasteiger partial charge in [0, 0.05) is 20.0 Å². The molecule has 8 nitrogen and oxygen atoms in total. The predicted molar refractivity (Wildman–Crippen MR) is 78.3 cm³/mol. The minimum absolute atomic E-state index is 0.00188. The summed E-state index contributed by atoms with van der Waals surface area (Å²) in [7, 11) is 0. The number of hydrogen-bond acceptors (Lipinski definition) is 4. The molecule has 8 heteroatoms. The zero-order valence-electron chi connectivity index (χ0n) is 12.2. The molecule has 1 aliphatic rings. The molecule has 1 aliphatic heterocycles. The number of nitrogens with two attached hydrogens (primary N) is 2. The van der Waals surface area contributed by atoms with Crippen molar-refractivity contribution in [2.45, 2.75) is 44.7 Å². The highest BCUT2D eigenvalue weighted by molar-refractivity contribution is 5.88. The molecule has 0 bridgehead atoms. The minimum Gasteiger partial charge on any atom is -0.370 e. The van der Waals surface area contributed by atoms with Crippen LogP contribution in [0.3, 0.4) is 0 Å². The standard InChI is InChI=1S/C13H23N5O3/c1-9(20)17-11(5-2-6-16-13(14)15)12(21)18-7-3-4-10(18)8-19/h8,10-11H,2-7H2,1H3,(H,17,20)(H4,14,15,16). The third kappa shape index (κ3) is 5.41. The summed E-state index contributed by atoms with van der Waals surface area (Å²) in [5.74, 6) is -0.500. The first-order chi connectivity index (χ1) is 9.95. The maximum atomic E-state index is 12.4. The van der Waals surface area contributed by atoms with Crippen LogP contribution in [0.25, 0.3) is 0 Å². The number of amides is 2. The Balaban J connectivity index is 2.63. The fourth-order valence-electron chi connectivity index (χ4n) is 2.41. The number of likely N-dealkylation sites (tertiary alicyclic amines) is 1. The molecule has 0 aliphatic carbocycles. The van der Waals surface area contributed by atoms with Crippen LogP contribution in [0.2, 0.25) is 0 Å². The summed E-state index contributed by atoms with van der Waals surface area (Å²) in [4.78, 5) is 40.0. The summed E-state index contributed by atoms with van der Waals surface area (Å²) in [6.45, 7) is 2.30. The lowest BCUT2D eigenvalue weighted by molar-refractivity contribution is -0.138. The average Bonchev–Trinajstić information content (AvgIpc) is 2.89. The molecule has 0 aromatic carbocycles. The van der Waals surface area contributed by atoms with Crippen LogP contribution in [0.4, 0.5) is 0 Å². The zero-order chi connectivity index (χ0) is 15.8. The zero-order valence-corrected chi connectivity index (χ0v) is 12.2. The Labute approximate surface area is 123 Å². The third-order valence-corrected chi connectivity index (χ3v) is 3.36. The Morgan fingerprint density at radius 2 is 2.19 bits per heavy atom. The number of hydrogen-bond donors (Lipinski definition) is 3. The first-order valence-corrected chi connectivity index (χ1v) is 7.04. The van der Waals surface area contributed by atoms with E-state index in [1.807, 2.05) is 0 Å². The Hall–Kier alpha value is -2.12. The van der Waals surface area contributed by atoms with Gasteiger partial charge in [-0.3, -0.25) is 14.6 Å². The van der Waals surface area contributed by atoms with E-state index < -0.39 is 6.04 Å². The molecule has 21 heavy (non-hydrogen) atoms. The summed E-state index contributed by atoms with van der Waals surface area (Å²) < 4.78 is 0. The molecule has 1 fully saturated rings. The lowest BCUT2D eigenvalue weighted by atomic mass is 10.1. The van der Waals surface area contributed by atoms with Crippen molar-refractivity contribution in [3.8, 4) is 0 Å². The first-order valence-electron chi connectivity index (χ1n) is 7.04. The van der Waals surface area contributed by atoms with Gasteiger partial charge in [0.25, 0.3) is 0 Å². The molecule has 2 unspecified atom stereocenters. The van der Waals surface area contributed by atoms with E-state index in [2.05, 4.69) is 10.3 Å². The van der Waals surface area contributed by atoms with E-state index in [0.29, 0.717) is 32.4 Å². The highest BCUT2D eigenvalue weighted by atomic mass is 16.2. The molecule has 1 rings (SSSR count). The van der Waals surface area contributed by atoms with Crippen molar-refractivity contribution < 1.29 is 14.4 Å². The number of carbonyl (C=O) groups is 3. The number of aliphatic imine (C=N–C) groups is 1. The number of guanidine groups is 1. The molecular formula is C13H23N5O3. The highest BCUT2D eigenvalue weighted by Crippen LogP contribution is 2.17. The average molecular weight is 297 g/mol. The number of nitrogens with one attached hydrogen (secondary N) is 1. The van der Waals surface area contributed by atoms with Crippen LogP contribution in [0.5, 0.6) is 0 Å². The van der Waals surface area contributed by atoms with Crippen molar-refractivity contribution >= 4 is 24.1 Å². The van der Waals surface area contributed by atoms with Gasteiger partial charge in [-0.25, -0.2) is 0 Å². The number of aldehydes is 1. The molecule has 1 saturated heterocycles. The van der Waals surface area contributed by atoms with Gasteiger partial charge in [0.15, 0.2) is 5.96 Å². The van der Waals surface area contributed by atoms with Crippen LogP contribution >= 0.6 is 0 Å². The van der Waals surface area contributed by atoms with Crippen LogP contribution in [0, 0.1) is 0 Å². The molecule has 0 radical (unpaired) electrons. The van der Waals surface area contributed by atoms with E-state index in [-0.39, 0.29) is 23.8 Å². The molecule has 0 aromatic heterocycles. The largest absolute Gasteiger partial charge is 0.370 e. The van der Waals surface area contributed by atoms with Crippen LogP contribution < -0.4 is 16.8 Å². The van der Waals surface area contributed by atoms with Gasteiger partial charge in [0.05, 0.1) is 6.04 Å². The highest BCUT2D eigenvalue weighted by Gasteiger charge is 2.32. The van der Waals surface area contributed by atoms with Gasteiger partial charge < -0.3 is 26.5 Å². The summed E-state index contributed by atoms with van der Waals surface area (Å²) in [6.07, 6.45) is 3.26. The molecule has 1 heterocycles. The Bertz CT molecular complexity index is 420. The van der Waals surface area contributed by atoms with E-state index in [1.165, 1.54) is 11.8 Å². The molecule has 0 aromatic rings. The fourth-order valence-corrected chi connectivity index (χ4v) is 2.41. The predicted octanol–water partition coefficient (Wildman–Crippen LogP) is -1.27. The first kappa shape index (κ1) is 16.9. The number of carbonyl (C=O) groups excluding carboxylic acids is 3. The second kappa shape index (κ2) is 8.23. The van der Waals surface area contributed by atoms with Gasteiger partial charge in [0.1, 0.15) is 12.3 Å². The fraction of sp³-hybridized carbons (Fsp3) is 0.692. The second-order valence-electron chi connectivity index (χ2n) is 5.08. The second-order valence-corrected chi connectivity index (χ2v) is 5.08. The van der Waals surface area contributed by atoms with E-state index in [4.69, 9.17) is 11.5 Å². The quantitative estimate of drug-likeness (QED) is 0.233. The summed E-state index contributed by atoms with van der Waals surface area (Å²) in [5.41, 5.74) is 10.5. The van der Waals surface area contributed by atoms with E-state index in [9.17, 15) is 14.4 Å². The SMILES string of the molecule is CC(=O)NC(CCCN=C(N)N)C(=O)N1CCCC1C=O. The maximum Gasteiger partial charge on any atom is 0.245 e. The Kier molecular flexibility index (Phi) is 6.64. The van der Waals surface area contributed by atoms with Gasteiger partial charge in [-0.2, -0.15) is 0 Å². The van der Waals surface area contributed by atoms with Crippen molar-refractivity contribution in [2.75, 3.05) is 13.1 Å².